The van der Waals surface area contributed by atoms with Crippen molar-refractivity contribution in [2.24, 2.45) is 17.6 Å². The van der Waals surface area contributed by atoms with Gasteiger partial charge in [0.2, 0.25) is 0 Å². The van der Waals surface area contributed by atoms with E-state index in [0.29, 0.717) is 5.92 Å². The third kappa shape index (κ3) is 3.19. The molecule has 2 saturated heterocycles. The Kier molecular flexibility index (Phi) is 3.66. The summed E-state index contributed by atoms with van der Waals surface area (Å²) in [6.07, 6.45) is 2.93. The zero-order valence-electron chi connectivity index (χ0n) is 10.7. The van der Waals surface area contributed by atoms with Crippen LogP contribution in [0.3, 0.4) is 0 Å². The average Bonchev–Trinajstić information content (AvgIpc) is 3.06. The maximum Gasteiger partial charge on any atom is 0.0621 e. The van der Waals surface area contributed by atoms with Gasteiger partial charge in [0.1, 0.15) is 0 Å². The van der Waals surface area contributed by atoms with Gasteiger partial charge in [0, 0.05) is 51.2 Å². The monoisotopic (exact) mass is 239 g/mol. The topological polar surface area (TPSA) is 41.7 Å². The van der Waals surface area contributed by atoms with Crippen LogP contribution in [0.5, 0.6) is 0 Å². The molecule has 4 nitrogen and oxygen atoms in total. The standard InChI is InChI=1S/C13H25N3O/c14-13-10-17-9-12(13)8-16-5-3-15(4-6-16)7-11-1-2-11/h11-13H,1-10,14H2. The first-order chi connectivity index (χ1) is 8.31. The molecule has 0 aromatic carbocycles. The third-order valence-corrected chi connectivity index (χ3v) is 4.42. The van der Waals surface area contributed by atoms with Crippen LogP contribution in [0.15, 0.2) is 0 Å². The number of nitrogens with two attached hydrogens (primary N) is 1. The first kappa shape index (κ1) is 11.9. The van der Waals surface area contributed by atoms with Crippen molar-refractivity contribution in [2.75, 3.05) is 52.5 Å². The minimum atomic E-state index is 0.263. The Labute approximate surface area is 104 Å². The van der Waals surface area contributed by atoms with E-state index in [1.807, 2.05) is 0 Å². The molecule has 3 aliphatic rings. The second-order valence-electron chi connectivity index (χ2n) is 6.01. The van der Waals surface area contributed by atoms with Crippen LogP contribution in [0.25, 0.3) is 0 Å². The van der Waals surface area contributed by atoms with E-state index < -0.39 is 0 Å². The molecule has 0 aromatic heterocycles. The molecule has 98 valence electrons. The first-order valence-electron chi connectivity index (χ1n) is 7.09. The maximum absolute atomic E-state index is 6.04. The third-order valence-electron chi connectivity index (χ3n) is 4.42. The molecule has 1 saturated carbocycles. The molecule has 0 radical (unpaired) electrons. The zero-order chi connectivity index (χ0) is 11.7. The Balaban J connectivity index is 1.38. The van der Waals surface area contributed by atoms with Gasteiger partial charge in [-0.3, -0.25) is 0 Å². The van der Waals surface area contributed by atoms with E-state index in [2.05, 4.69) is 9.80 Å². The summed E-state index contributed by atoms with van der Waals surface area (Å²) in [6, 6.07) is 0.263. The lowest BCUT2D eigenvalue weighted by molar-refractivity contribution is 0.107. The summed E-state index contributed by atoms with van der Waals surface area (Å²) in [7, 11) is 0. The highest BCUT2D eigenvalue weighted by atomic mass is 16.5. The summed E-state index contributed by atoms with van der Waals surface area (Å²) in [6.45, 7) is 9.04. The number of nitrogens with zero attached hydrogens (tertiary/aromatic N) is 2. The van der Waals surface area contributed by atoms with Crippen LogP contribution in [-0.4, -0.2) is 68.3 Å². The van der Waals surface area contributed by atoms with Gasteiger partial charge in [-0.25, -0.2) is 0 Å². The molecule has 2 N–H and O–H groups in total. The van der Waals surface area contributed by atoms with Crippen molar-refractivity contribution in [3.8, 4) is 0 Å². The molecule has 17 heavy (non-hydrogen) atoms. The van der Waals surface area contributed by atoms with Crippen molar-refractivity contribution in [3.05, 3.63) is 0 Å². The van der Waals surface area contributed by atoms with Gasteiger partial charge in [-0.15, -0.1) is 0 Å². The summed E-state index contributed by atoms with van der Waals surface area (Å²) in [5.41, 5.74) is 6.04. The predicted molar refractivity (Wildman–Crippen MR) is 67.9 cm³/mol. The molecule has 0 bridgehead atoms. The van der Waals surface area contributed by atoms with E-state index in [0.717, 1.165) is 25.7 Å². The van der Waals surface area contributed by atoms with Crippen molar-refractivity contribution >= 4 is 0 Å². The van der Waals surface area contributed by atoms with Gasteiger partial charge in [0.05, 0.1) is 13.2 Å². The Morgan fingerprint density at radius 2 is 1.59 bits per heavy atom. The highest BCUT2D eigenvalue weighted by molar-refractivity contribution is 4.84. The highest BCUT2D eigenvalue weighted by Gasteiger charge is 2.30. The molecule has 3 fully saturated rings. The van der Waals surface area contributed by atoms with Gasteiger partial charge in [0.25, 0.3) is 0 Å². The van der Waals surface area contributed by atoms with Crippen molar-refractivity contribution < 1.29 is 4.74 Å². The quantitative estimate of drug-likeness (QED) is 0.749. The summed E-state index contributed by atoms with van der Waals surface area (Å²) >= 11 is 0. The van der Waals surface area contributed by atoms with E-state index in [1.54, 1.807) is 0 Å². The fourth-order valence-electron chi connectivity index (χ4n) is 2.95. The smallest absolute Gasteiger partial charge is 0.0621 e. The first-order valence-corrected chi connectivity index (χ1v) is 7.09. The molecule has 2 unspecified atom stereocenters. The second-order valence-corrected chi connectivity index (χ2v) is 6.01. The van der Waals surface area contributed by atoms with Crippen molar-refractivity contribution in [1.29, 1.82) is 0 Å². The molecule has 0 amide bonds. The number of hydrogen-bond donors (Lipinski definition) is 1. The van der Waals surface area contributed by atoms with Gasteiger partial charge in [-0.2, -0.15) is 0 Å². The van der Waals surface area contributed by atoms with Crippen LogP contribution >= 0.6 is 0 Å². The Bertz CT molecular complexity index is 249. The highest BCUT2D eigenvalue weighted by Crippen LogP contribution is 2.30. The Morgan fingerprint density at radius 3 is 2.12 bits per heavy atom. The van der Waals surface area contributed by atoms with Crippen molar-refractivity contribution in [2.45, 2.75) is 18.9 Å². The SMILES string of the molecule is NC1COCC1CN1CCN(CC2CC2)CC1. The Morgan fingerprint density at radius 1 is 0.941 bits per heavy atom. The molecule has 0 aromatic rings. The lowest BCUT2D eigenvalue weighted by Gasteiger charge is -2.36. The van der Waals surface area contributed by atoms with E-state index in [-0.39, 0.29) is 6.04 Å². The van der Waals surface area contributed by atoms with E-state index in [1.165, 1.54) is 45.6 Å². The molecular weight excluding hydrogens is 214 g/mol. The van der Waals surface area contributed by atoms with Crippen molar-refractivity contribution in [1.82, 2.24) is 9.80 Å². The van der Waals surface area contributed by atoms with Crippen LogP contribution in [-0.2, 0) is 4.74 Å². The number of hydrogen-bond acceptors (Lipinski definition) is 4. The summed E-state index contributed by atoms with van der Waals surface area (Å²) in [4.78, 5) is 5.21. The second kappa shape index (κ2) is 5.22. The number of ether oxygens (including phenoxy) is 1. The maximum atomic E-state index is 6.04. The predicted octanol–water partition coefficient (Wildman–Crippen LogP) is -0.0123. The van der Waals surface area contributed by atoms with Gasteiger partial charge >= 0.3 is 0 Å². The van der Waals surface area contributed by atoms with Crippen LogP contribution < -0.4 is 5.73 Å². The van der Waals surface area contributed by atoms with Crippen LogP contribution in [0.1, 0.15) is 12.8 Å². The van der Waals surface area contributed by atoms with Crippen LogP contribution in [0, 0.1) is 11.8 Å². The van der Waals surface area contributed by atoms with Gasteiger partial charge in [0.15, 0.2) is 0 Å². The van der Waals surface area contributed by atoms with Gasteiger partial charge in [-0.1, -0.05) is 0 Å². The minimum Gasteiger partial charge on any atom is -0.379 e. The molecule has 2 atom stereocenters. The molecule has 4 heteroatoms. The molecule has 2 heterocycles. The minimum absolute atomic E-state index is 0.263. The normalized spacial score (nSPS) is 36.5. The summed E-state index contributed by atoms with van der Waals surface area (Å²) in [5, 5.41) is 0. The number of piperazine rings is 1. The van der Waals surface area contributed by atoms with Crippen LogP contribution in [0.2, 0.25) is 0 Å². The molecule has 1 aliphatic carbocycles. The fourth-order valence-corrected chi connectivity index (χ4v) is 2.95. The van der Waals surface area contributed by atoms with E-state index in [9.17, 15) is 0 Å². The van der Waals surface area contributed by atoms with Gasteiger partial charge < -0.3 is 20.3 Å². The largest absolute Gasteiger partial charge is 0.379 e. The van der Waals surface area contributed by atoms with Crippen LogP contribution in [0.4, 0.5) is 0 Å². The molecule has 0 spiro atoms. The van der Waals surface area contributed by atoms with Crippen molar-refractivity contribution in [3.63, 3.8) is 0 Å². The zero-order valence-corrected chi connectivity index (χ0v) is 10.7. The fraction of sp³-hybridized carbons (Fsp3) is 1.00. The summed E-state index contributed by atoms with van der Waals surface area (Å²) in [5.74, 6) is 1.59. The molecule has 2 aliphatic heterocycles. The number of rotatable bonds is 4. The Hall–Kier alpha value is -0.160. The average molecular weight is 239 g/mol. The lowest BCUT2D eigenvalue weighted by atomic mass is 10.0. The van der Waals surface area contributed by atoms with E-state index in [4.69, 9.17) is 10.5 Å². The lowest BCUT2D eigenvalue weighted by Crippen LogP contribution is -2.49. The molecule has 3 rings (SSSR count). The molecular formula is C13H25N3O. The van der Waals surface area contributed by atoms with E-state index >= 15 is 0 Å². The summed E-state index contributed by atoms with van der Waals surface area (Å²) < 4.78 is 5.43. The van der Waals surface area contributed by atoms with Gasteiger partial charge in [-0.05, 0) is 18.8 Å².